The van der Waals surface area contributed by atoms with Crippen LogP contribution in [0.25, 0.3) is 11.0 Å². The van der Waals surface area contributed by atoms with E-state index in [1.54, 1.807) is 12.1 Å². The van der Waals surface area contributed by atoms with Gasteiger partial charge in [-0.1, -0.05) is 58.4 Å². The first kappa shape index (κ1) is 16.6. The second-order valence-corrected chi connectivity index (χ2v) is 6.84. The maximum absolute atomic E-state index is 12.7. The highest BCUT2D eigenvalue weighted by molar-refractivity contribution is 9.10. The molecule has 26 heavy (non-hydrogen) atoms. The van der Waals surface area contributed by atoms with Crippen LogP contribution in [0.1, 0.15) is 21.5 Å². The number of furan rings is 1. The minimum Gasteiger partial charge on any atom is -0.489 e. The Balaban J connectivity index is 1.61. The van der Waals surface area contributed by atoms with Crippen molar-refractivity contribution >= 4 is 32.7 Å². The predicted molar refractivity (Wildman–Crippen MR) is 105 cm³/mol. The highest BCUT2D eigenvalue weighted by Gasteiger charge is 2.16. The van der Waals surface area contributed by atoms with Crippen molar-refractivity contribution in [3.05, 3.63) is 100 Å². The summed E-state index contributed by atoms with van der Waals surface area (Å²) in [5, 5.41) is 0.755. The van der Waals surface area contributed by atoms with Crippen molar-refractivity contribution in [1.82, 2.24) is 0 Å². The van der Waals surface area contributed by atoms with Gasteiger partial charge in [0.15, 0.2) is 5.78 Å². The number of hydrogen-bond donors (Lipinski definition) is 0. The van der Waals surface area contributed by atoms with E-state index in [1.807, 2.05) is 60.7 Å². The molecule has 0 aliphatic heterocycles. The summed E-state index contributed by atoms with van der Waals surface area (Å²) >= 11 is 3.46. The Morgan fingerprint density at radius 1 is 0.962 bits per heavy atom. The summed E-state index contributed by atoms with van der Waals surface area (Å²) in [6.45, 7) is 0.449. The van der Waals surface area contributed by atoms with E-state index in [0.717, 1.165) is 15.4 Å². The molecule has 4 aromatic rings. The minimum atomic E-state index is -0.0616. The number of rotatable bonds is 5. The average molecular weight is 407 g/mol. The van der Waals surface area contributed by atoms with Crippen LogP contribution in [0.5, 0.6) is 5.75 Å². The molecule has 0 N–H and O–H groups in total. The first-order chi connectivity index (χ1) is 12.7. The lowest BCUT2D eigenvalue weighted by molar-refractivity contribution is 0.103. The molecule has 4 heteroatoms. The van der Waals surface area contributed by atoms with Crippen LogP contribution in [0.3, 0.4) is 0 Å². The lowest BCUT2D eigenvalue weighted by Crippen LogP contribution is -2.00. The van der Waals surface area contributed by atoms with Crippen molar-refractivity contribution in [2.75, 3.05) is 0 Å². The van der Waals surface area contributed by atoms with Crippen LogP contribution in [0, 0.1) is 0 Å². The lowest BCUT2D eigenvalue weighted by Gasteiger charge is -2.07. The largest absolute Gasteiger partial charge is 0.489 e. The fourth-order valence-electron chi connectivity index (χ4n) is 2.81. The van der Waals surface area contributed by atoms with E-state index in [0.29, 0.717) is 29.1 Å². The third-order valence-corrected chi connectivity index (χ3v) is 4.61. The molecule has 1 aromatic heterocycles. The van der Waals surface area contributed by atoms with E-state index in [2.05, 4.69) is 15.9 Å². The van der Waals surface area contributed by atoms with Crippen LogP contribution in [-0.2, 0) is 6.61 Å². The maximum atomic E-state index is 12.7. The van der Waals surface area contributed by atoms with Gasteiger partial charge in [-0.05, 0) is 35.9 Å². The third-order valence-electron chi connectivity index (χ3n) is 4.12. The molecule has 0 unspecified atom stereocenters. The monoisotopic (exact) mass is 406 g/mol. The molecular formula is C22H15BrO3. The maximum Gasteiger partial charge on any atom is 0.196 e. The smallest absolute Gasteiger partial charge is 0.196 e. The number of carbonyl (C=O) groups is 1. The highest BCUT2D eigenvalue weighted by Crippen LogP contribution is 2.28. The Kier molecular flexibility index (Phi) is 4.59. The van der Waals surface area contributed by atoms with Gasteiger partial charge in [0.25, 0.3) is 0 Å². The minimum absolute atomic E-state index is 0.0616. The number of carbonyl (C=O) groups excluding carboxylic acids is 1. The Morgan fingerprint density at radius 3 is 2.62 bits per heavy atom. The van der Waals surface area contributed by atoms with Gasteiger partial charge in [0.1, 0.15) is 24.2 Å². The van der Waals surface area contributed by atoms with Gasteiger partial charge < -0.3 is 9.15 Å². The van der Waals surface area contributed by atoms with Gasteiger partial charge >= 0.3 is 0 Å². The van der Waals surface area contributed by atoms with Crippen molar-refractivity contribution < 1.29 is 13.9 Å². The number of benzene rings is 3. The standard InChI is InChI=1S/C22H15BrO3/c23-17-8-4-5-15(11-17)13-25-18-9-10-21-19(12-18)20(14-26-21)22(24)16-6-2-1-3-7-16/h1-12,14H,13H2. The zero-order valence-corrected chi connectivity index (χ0v) is 15.4. The number of ketones is 1. The summed E-state index contributed by atoms with van der Waals surface area (Å²) in [6.07, 6.45) is 1.51. The second-order valence-electron chi connectivity index (χ2n) is 5.92. The number of ether oxygens (including phenoxy) is 1. The summed E-state index contributed by atoms with van der Waals surface area (Å²) in [6, 6.07) is 22.7. The summed E-state index contributed by atoms with van der Waals surface area (Å²) in [7, 11) is 0. The summed E-state index contributed by atoms with van der Waals surface area (Å²) in [4.78, 5) is 12.7. The van der Waals surface area contributed by atoms with E-state index >= 15 is 0 Å². The zero-order chi connectivity index (χ0) is 17.9. The van der Waals surface area contributed by atoms with Gasteiger partial charge in [-0.15, -0.1) is 0 Å². The fraction of sp³-hybridized carbons (Fsp3) is 0.0455. The summed E-state index contributed by atoms with van der Waals surface area (Å²) in [5.41, 5.74) is 2.90. The normalized spacial score (nSPS) is 10.8. The molecule has 0 spiro atoms. The van der Waals surface area contributed by atoms with Gasteiger partial charge in [-0.25, -0.2) is 0 Å². The molecule has 0 saturated carbocycles. The van der Waals surface area contributed by atoms with Crippen molar-refractivity contribution in [2.45, 2.75) is 6.61 Å². The van der Waals surface area contributed by atoms with Crippen LogP contribution in [0.15, 0.2) is 87.9 Å². The van der Waals surface area contributed by atoms with Gasteiger partial charge in [-0.3, -0.25) is 4.79 Å². The van der Waals surface area contributed by atoms with E-state index in [-0.39, 0.29) is 5.78 Å². The van der Waals surface area contributed by atoms with E-state index < -0.39 is 0 Å². The fourth-order valence-corrected chi connectivity index (χ4v) is 3.26. The number of halogens is 1. The van der Waals surface area contributed by atoms with Crippen LogP contribution < -0.4 is 4.74 Å². The van der Waals surface area contributed by atoms with Crippen LogP contribution in [-0.4, -0.2) is 5.78 Å². The average Bonchev–Trinajstić information content (AvgIpc) is 3.10. The van der Waals surface area contributed by atoms with Crippen molar-refractivity contribution in [2.24, 2.45) is 0 Å². The van der Waals surface area contributed by atoms with E-state index in [1.165, 1.54) is 6.26 Å². The Hall–Kier alpha value is -2.85. The Bertz CT molecular complexity index is 1070. The highest BCUT2D eigenvalue weighted by atomic mass is 79.9. The van der Waals surface area contributed by atoms with Crippen molar-refractivity contribution in [1.29, 1.82) is 0 Å². The summed E-state index contributed by atoms with van der Waals surface area (Å²) in [5.74, 6) is 0.634. The van der Waals surface area contributed by atoms with E-state index in [9.17, 15) is 4.79 Å². The van der Waals surface area contributed by atoms with Crippen LogP contribution in [0.4, 0.5) is 0 Å². The first-order valence-corrected chi connectivity index (χ1v) is 8.98. The molecule has 3 aromatic carbocycles. The third kappa shape index (κ3) is 3.41. The van der Waals surface area contributed by atoms with Gasteiger partial charge in [0, 0.05) is 15.4 Å². The Morgan fingerprint density at radius 2 is 1.81 bits per heavy atom. The van der Waals surface area contributed by atoms with Gasteiger partial charge in [-0.2, -0.15) is 0 Å². The molecule has 0 aliphatic rings. The zero-order valence-electron chi connectivity index (χ0n) is 13.8. The van der Waals surface area contributed by atoms with Crippen LogP contribution in [0.2, 0.25) is 0 Å². The molecule has 0 radical (unpaired) electrons. The van der Waals surface area contributed by atoms with Crippen molar-refractivity contribution in [3.63, 3.8) is 0 Å². The SMILES string of the molecule is O=C(c1ccccc1)c1coc2ccc(OCc3cccc(Br)c3)cc12. The molecule has 0 atom stereocenters. The Labute approximate surface area is 159 Å². The van der Waals surface area contributed by atoms with E-state index in [4.69, 9.17) is 9.15 Å². The van der Waals surface area contributed by atoms with Crippen molar-refractivity contribution in [3.8, 4) is 5.75 Å². The molecule has 1 heterocycles. The molecule has 3 nitrogen and oxygen atoms in total. The topological polar surface area (TPSA) is 39.4 Å². The predicted octanol–water partition coefficient (Wildman–Crippen LogP) is 6.01. The molecule has 128 valence electrons. The molecule has 4 rings (SSSR count). The number of fused-ring (bicyclic) bond motifs is 1. The molecular weight excluding hydrogens is 392 g/mol. The van der Waals surface area contributed by atoms with Gasteiger partial charge in [0.2, 0.25) is 0 Å². The van der Waals surface area contributed by atoms with Gasteiger partial charge in [0.05, 0.1) is 5.56 Å². The molecule has 0 amide bonds. The van der Waals surface area contributed by atoms with Crippen LogP contribution >= 0.6 is 15.9 Å². The quantitative estimate of drug-likeness (QED) is 0.381. The molecule has 0 bridgehead atoms. The second kappa shape index (κ2) is 7.18. The molecule has 0 saturated heterocycles. The first-order valence-electron chi connectivity index (χ1n) is 8.19. The number of hydrogen-bond acceptors (Lipinski definition) is 3. The molecule has 0 fully saturated rings. The summed E-state index contributed by atoms with van der Waals surface area (Å²) < 4.78 is 12.4. The molecule has 0 aliphatic carbocycles. The lowest BCUT2D eigenvalue weighted by atomic mass is 10.0.